The Balaban J connectivity index is 3.25. The molecule has 5 heteroatoms. The summed E-state index contributed by atoms with van der Waals surface area (Å²) >= 11 is 9.86. The normalized spacial score (nSPS) is 9.67. The Labute approximate surface area is 97.7 Å². The number of nitriles is 1. The molecule has 1 aromatic carbocycles. The molecule has 0 aliphatic rings. The van der Waals surface area contributed by atoms with Gasteiger partial charge in [0, 0.05) is 10.8 Å². The number of halogens is 1. The number of nitrogens with zero attached hydrogens (tertiary/aromatic N) is 1. The van der Waals surface area contributed by atoms with Crippen molar-refractivity contribution in [1.82, 2.24) is 0 Å². The second-order valence-corrected chi connectivity index (χ2v) is 3.63. The van der Waals surface area contributed by atoms with Gasteiger partial charge in [-0.1, -0.05) is 6.07 Å². The zero-order chi connectivity index (χ0) is 11.4. The summed E-state index contributed by atoms with van der Waals surface area (Å²) in [5.74, 6) is -0.782. The predicted octanol–water partition coefficient (Wildman–Crippen LogP) is 2.21. The van der Waals surface area contributed by atoms with E-state index in [1.807, 2.05) is 6.07 Å². The van der Waals surface area contributed by atoms with Gasteiger partial charge in [0.2, 0.25) is 0 Å². The minimum Gasteiger partial charge on any atom is -0.481 e. The molecule has 0 aliphatic heterocycles. The van der Waals surface area contributed by atoms with Gasteiger partial charge in [0.1, 0.15) is 6.07 Å². The van der Waals surface area contributed by atoms with Crippen LogP contribution in [-0.4, -0.2) is 11.1 Å². The molecule has 0 saturated heterocycles. The lowest BCUT2D eigenvalue weighted by Gasteiger charge is -2.08. The van der Waals surface area contributed by atoms with E-state index in [0.717, 1.165) is 0 Å². The molecule has 0 atom stereocenters. The highest BCUT2D eigenvalue weighted by molar-refractivity contribution is 7.80. The highest BCUT2D eigenvalue weighted by atomic mass is 35.5. The first-order chi connectivity index (χ1) is 7.10. The Morgan fingerprint density at radius 3 is 2.73 bits per heavy atom. The lowest BCUT2D eigenvalue weighted by Crippen LogP contribution is -2.04. The fourth-order valence-corrected chi connectivity index (χ4v) is 1.99. The summed E-state index contributed by atoms with van der Waals surface area (Å²) in [5.41, 5.74) is 1.62. The predicted molar refractivity (Wildman–Crippen MR) is 59.3 cm³/mol. The number of hydrogen-bond acceptors (Lipinski definition) is 3. The number of carboxylic acid groups (broad SMARTS) is 1. The van der Waals surface area contributed by atoms with Gasteiger partial charge in [-0.05, 0) is 17.2 Å². The maximum absolute atomic E-state index is 10.6. The number of carboxylic acids is 1. The molecule has 0 spiro atoms. The average Bonchev–Trinajstić information content (AvgIpc) is 2.18. The third kappa shape index (κ3) is 2.65. The van der Waals surface area contributed by atoms with Crippen molar-refractivity contribution in [2.45, 2.75) is 17.2 Å². The van der Waals surface area contributed by atoms with Gasteiger partial charge >= 0.3 is 5.97 Å². The van der Waals surface area contributed by atoms with Gasteiger partial charge in [0.15, 0.2) is 0 Å². The molecule has 15 heavy (non-hydrogen) atoms. The average molecular weight is 242 g/mol. The van der Waals surface area contributed by atoms with Gasteiger partial charge < -0.3 is 5.11 Å². The smallest absolute Gasteiger partial charge is 0.307 e. The van der Waals surface area contributed by atoms with E-state index in [2.05, 4.69) is 12.6 Å². The van der Waals surface area contributed by atoms with E-state index >= 15 is 0 Å². The van der Waals surface area contributed by atoms with Crippen LogP contribution in [0.4, 0.5) is 0 Å². The molecule has 3 nitrogen and oxygen atoms in total. The SMILES string of the molecule is N#Cc1ccc(CC(=O)O)c(CCl)c1S. The minimum absolute atomic E-state index is 0.110. The molecule has 0 amide bonds. The molecule has 0 heterocycles. The van der Waals surface area contributed by atoms with Crippen LogP contribution in [0.3, 0.4) is 0 Å². The standard InChI is InChI=1S/C10H8ClNO2S/c11-4-8-6(3-9(13)14)1-2-7(5-12)10(8)15/h1-2,15H,3-4H2,(H,13,14). The molecule has 0 saturated carbocycles. The number of hydrogen-bond donors (Lipinski definition) is 2. The van der Waals surface area contributed by atoms with E-state index < -0.39 is 5.97 Å². The third-order valence-electron chi connectivity index (χ3n) is 1.98. The van der Waals surface area contributed by atoms with Crippen molar-refractivity contribution < 1.29 is 9.90 Å². The van der Waals surface area contributed by atoms with E-state index in [1.165, 1.54) is 0 Å². The van der Waals surface area contributed by atoms with Crippen molar-refractivity contribution in [2.24, 2.45) is 0 Å². The van der Waals surface area contributed by atoms with Gasteiger partial charge in [0.05, 0.1) is 12.0 Å². The van der Waals surface area contributed by atoms with E-state index in [9.17, 15) is 4.79 Å². The summed E-state index contributed by atoms with van der Waals surface area (Å²) in [4.78, 5) is 11.0. The topological polar surface area (TPSA) is 61.1 Å². The van der Waals surface area contributed by atoms with Crippen LogP contribution in [0.2, 0.25) is 0 Å². The fraction of sp³-hybridized carbons (Fsp3) is 0.200. The van der Waals surface area contributed by atoms with Crippen LogP contribution < -0.4 is 0 Å². The summed E-state index contributed by atoms with van der Waals surface area (Å²) in [6.07, 6.45) is -0.110. The Kier molecular flexibility index (Phi) is 4.01. The van der Waals surface area contributed by atoms with Crippen molar-refractivity contribution >= 4 is 30.2 Å². The van der Waals surface area contributed by atoms with Crippen LogP contribution in [0, 0.1) is 11.3 Å². The van der Waals surface area contributed by atoms with Gasteiger partial charge in [-0.3, -0.25) is 4.79 Å². The zero-order valence-corrected chi connectivity index (χ0v) is 9.35. The lowest BCUT2D eigenvalue weighted by atomic mass is 10.0. The zero-order valence-electron chi connectivity index (χ0n) is 7.70. The number of carbonyl (C=O) groups is 1. The molecule has 1 aromatic rings. The lowest BCUT2D eigenvalue weighted by molar-refractivity contribution is -0.136. The maximum atomic E-state index is 10.6. The van der Waals surface area contributed by atoms with Crippen LogP contribution in [0.5, 0.6) is 0 Å². The fourth-order valence-electron chi connectivity index (χ4n) is 1.25. The molecule has 0 unspecified atom stereocenters. The highest BCUT2D eigenvalue weighted by Crippen LogP contribution is 2.24. The summed E-state index contributed by atoms with van der Waals surface area (Å²) in [6.45, 7) is 0. The summed E-state index contributed by atoms with van der Waals surface area (Å²) in [6, 6.07) is 5.12. The first-order valence-corrected chi connectivity index (χ1v) is 5.10. The number of rotatable bonds is 3. The van der Waals surface area contributed by atoms with E-state index in [0.29, 0.717) is 21.6 Å². The Hall–Kier alpha value is -1.18. The molecule has 78 valence electrons. The molecular weight excluding hydrogens is 234 g/mol. The van der Waals surface area contributed by atoms with E-state index in [-0.39, 0.29) is 12.3 Å². The maximum Gasteiger partial charge on any atom is 0.307 e. The van der Waals surface area contributed by atoms with Crippen LogP contribution in [-0.2, 0) is 17.1 Å². The van der Waals surface area contributed by atoms with Gasteiger partial charge in [-0.25, -0.2) is 0 Å². The number of aliphatic carboxylic acids is 1. The number of benzene rings is 1. The van der Waals surface area contributed by atoms with Crippen molar-refractivity contribution in [3.8, 4) is 6.07 Å². The first-order valence-electron chi connectivity index (χ1n) is 4.11. The molecule has 0 fully saturated rings. The second-order valence-electron chi connectivity index (χ2n) is 2.92. The van der Waals surface area contributed by atoms with Crippen LogP contribution in [0.25, 0.3) is 0 Å². The Morgan fingerprint density at radius 2 is 2.27 bits per heavy atom. The van der Waals surface area contributed by atoms with Crippen molar-refractivity contribution in [3.63, 3.8) is 0 Å². The Morgan fingerprint density at radius 1 is 1.60 bits per heavy atom. The second kappa shape index (κ2) is 5.06. The molecule has 1 N–H and O–H groups in total. The van der Waals surface area contributed by atoms with Crippen molar-refractivity contribution in [1.29, 1.82) is 5.26 Å². The molecule has 0 bridgehead atoms. The largest absolute Gasteiger partial charge is 0.481 e. The van der Waals surface area contributed by atoms with Crippen LogP contribution in [0.1, 0.15) is 16.7 Å². The minimum atomic E-state index is -0.932. The van der Waals surface area contributed by atoms with E-state index in [4.69, 9.17) is 22.0 Å². The quantitative estimate of drug-likeness (QED) is 0.630. The van der Waals surface area contributed by atoms with Gasteiger partial charge in [-0.2, -0.15) is 5.26 Å². The molecule has 0 aromatic heterocycles. The van der Waals surface area contributed by atoms with Gasteiger partial charge in [0.25, 0.3) is 0 Å². The Bertz CT molecular complexity index is 440. The van der Waals surface area contributed by atoms with Crippen LogP contribution in [0.15, 0.2) is 17.0 Å². The van der Waals surface area contributed by atoms with Gasteiger partial charge in [-0.15, -0.1) is 24.2 Å². The third-order valence-corrected chi connectivity index (χ3v) is 2.75. The molecule has 0 radical (unpaired) electrons. The highest BCUT2D eigenvalue weighted by Gasteiger charge is 2.12. The summed E-state index contributed by atoms with van der Waals surface area (Å²) in [7, 11) is 0. The van der Waals surface area contributed by atoms with E-state index in [1.54, 1.807) is 12.1 Å². The molecule has 0 aliphatic carbocycles. The van der Waals surface area contributed by atoms with Crippen molar-refractivity contribution in [2.75, 3.05) is 0 Å². The number of thiol groups is 1. The van der Waals surface area contributed by atoms with Crippen molar-refractivity contribution in [3.05, 3.63) is 28.8 Å². The molecular formula is C10H8ClNO2S. The number of alkyl halides is 1. The first kappa shape index (κ1) is 11.9. The summed E-state index contributed by atoms with van der Waals surface area (Å²) < 4.78 is 0. The summed E-state index contributed by atoms with van der Waals surface area (Å²) in [5, 5.41) is 17.4. The monoisotopic (exact) mass is 241 g/mol. The molecule has 1 rings (SSSR count). The van der Waals surface area contributed by atoms with Crippen LogP contribution >= 0.6 is 24.2 Å².